The van der Waals surface area contributed by atoms with Crippen molar-refractivity contribution in [2.75, 3.05) is 35.8 Å². The Morgan fingerprint density at radius 2 is 1.66 bits per heavy atom. The minimum atomic E-state index is -4.28. The SMILES string of the molecule is CCOP(=O)(CN(c1ccc2c(c1)CC(=O)N2C)S(=O)(=O)c1cc(Cl)cc(Cl)c1)OCC. The molecule has 2 aromatic rings. The molecule has 8 nitrogen and oxygen atoms in total. The molecule has 1 heterocycles. The third-order valence-electron chi connectivity index (χ3n) is 4.81. The number of fused-ring (bicyclic) bond motifs is 1. The molecule has 3 rings (SSSR count). The zero-order valence-corrected chi connectivity index (χ0v) is 21.0. The highest BCUT2D eigenvalue weighted by Gasteiger charge is 2.36. The van der Waals surface area contributed by atoms with Crippen molar-refractivity contribution in [2.24, 2.45) is 0 Å². The maximum atomic E-state index is 13.7. The Morgan fingerprint density at radius 3 is 2.22 bits per heavy atom. The zero-order valence-electron chi connectivity index (χ0n) is 17.7. The number of amides is 1. The van der Waals surface area contributed by atoms with E-state index in [1.807, 2.05) is 0 Å². The second-order valence-corrected chi connectivity index (χ2v) is 11.7. The summed E-state index contributed by atoms with van der Waals surface area (Å²) in [4.78, 5) is 13.4. The fraction of sp³-hybridized carbons (Fsp3) is 0.350. The smallest absolute Gasteiger partial charge is 0.315 e. The van der Waals surface area contributed by atoms with E-state index in [1.54, 1.807) is 39.1 Å². The van der Waals surface area contributed by atoms with E-state index in [2.05, 4.69) is 0 Å². The predicted molar refractivity (Wildman–Crippen MR) is 125 cm³/mol. The molecule has 1 amide bonds. The Kier molecular flexibility index (Phi) is 7.59. The number of anilines is 2. The Labute approximate surface area is 197 Å². The number of rotatable bonds is 9. The van der Waals surface area contributed by atoms with Gasteiger partial charge in [-0.2, -0.15) is 0 Å². The zero-order chi connectivity index (χ0) is 23.7. The lowest BCUT2D eigenvalue weighted by atomic mass is 10.1. The van der Waals surface area contributed by atoms with Crippen LogP contribution in [0.15, 0.2) is 41.3 Å². The maximum Gasteiger partial charge on any atom is 0.350 e. The number of carbonyl (C=O) groups excluding carboxylic acids is 1. The first-order chi connectivity index (χ1) is 15.0. The first-order valence-corrected chi connectivity index (χ1v) is 13.7. The van der Waals surface area contributed by atoms with Crippen LogP contribution in [0.5, 0.6) is 0 Å². The highest BCUT2D eigenvalue weighted by atomic mass is 35.5. The Hall–Kier alpha value is -1.61. The van der Waals surface area contributed by atoms with Crippen molar-refractivity contribution in [1.82, 2.24) is 0 Å². The van der Waals surface area contributed by atoms with Crippen molar-refractivity contribution in [1.29, 1.82) is 0 Å². The number of nitrogens with zero attached hydrogens (tertiary/aromatic N) is 2. The van der Waals surface area contributed by atoms with Gasteiger partial charge in [-0.05, 0) is 55.8 Å². The summed E-state index contributed by atoms with van der Waals surface area (Å²) in [6.45, 7) is 3.41. The van der Waals surface area contributed by atoms with Crippen LogP contribution < -0.4 is 9.21 Å². The van der Waals surface area contributed by atoms with Gasteiger partial charge in [-0.3, -0.25) is 13.7 Å². The van der Waals surface area contributed by atoms with Gasteiger partial charge in [-0.25, -0.2) is 8.42 Å². The van der Waals surface area contributed by atoms with E-state index in [0.717, 1.165) is 4.31 Å². The van der Waals surface area contributed by atoms with Crippen LogP contribution >= 0.6 is 30.8 Å². The maximum absolute atomic E-state index is 13.7. The van der Waals surface area contributed by atoms with E-state index in [-0.39, 0.29) is 46.2 Å². The molecule has 0 bridgehead atoms. The standard InChI is InChI=1S/C20H23Cl2N2O6PS/c1-4-29-31(26,30-5-2)13-24(32(27,28)18-11-15(21)10-16(22)12-18)17-6-7-19-14(8-17)9-20(25)23(19)3/h6-8,10-12H,4-5,9,13H2,1-3H3. The topological polar surface area (TPSA) is 93.2 Å². The van der Waals surface area contributed by atoms with Crippen molar-refractivity contribution < 1.29 is 26.8 Å². The molecule has 2 aromatic carbocycles. The van der Waals surface area contributed by atoms with Gasteiger partial charge in [0.1, 0.15) is 6.29 Å². The van der Waals surface area contributed by atoms with Gasteiger partial charge in [-0.1, -0.05) is 23.2 Å². The quantitative estimate of drug-likeness (QED) is 0.435. The molecule has 0 unspecified atom stereocenters. The van der Waals surface area contributed by atoms with Crippen LogP contribution in [0, 0.1) is 0 Å². The van der Waals surface area contributed by atoms with Gasteiger partial charge in [-0.15, -0.1) is 0 Å². The lowest BCUT2D eigenvalue weighted by Gasteiger charge is -2.28. The second-order valence-electron chi connectivity index (χ2n) is 6.99. The summed E-state index contributed by atoms with van der Waals surface area (Å²) in [6, 6.07) is 8.70. The van der Waals surface area contributed by atoms with E-state index >= 15 is 0 Å². The van der Waals surface area contributed by atoms with Crippen molar-refractivity contribution >= 4 is 58.1 Å². The highest BCUT2D eigenvalue weighted by Crippen LogP contribution is 2.50. The summed E-state index contributed by atoms with van der Waals surface area (Å²) in [5, 5.41) is 0.269. The molecule has 0 N–H and O–H groups in total. The Balaban J connectivity index is 2.15. The van der Waals surface area contributed by atoms with Gasteiger partial charge in [0.2, 0.25) is 5.91 Å². The molecule has 0 radical (unpaired) electrons. The molecule has 0 saturated carbocycles. The normalized spacial score (nSPS) is 14.0. The third-order valence-corrected chi connectivity index (χ3v) is 9.12. The lowest BCUT2D eigenvalue weighted by Crippen LogP contribution is -2.33. The van der Waals surface area contributed by atoms with Crippen LogP contribution in [0.2, 0.25) is 10.0 Å². The average Bonchev–Trinajstić information content (AvgIpc) is 2.99. The van der Waals surface area contributed by atoms with E-state index in [9.17, 15) is 17.8 Å². The second kappa shape index (κ2) is 9.71. The van der Waals surface area contributed by atoms with Gasteiger partial charge in [0.25, 0.3) is 10.0 Å². The number of benzene rings is 2. The van der Waals surface area contributed by atoms with Crippen LogP contribution in [0.3, 0.4) is 0 Å². The highest BCUT2D eigenvalue weighted by molar-refractivity contribution is 7.93. The van der Waals surface area contributed by atoms with Crippen molar-refractivity contribution in [3.8, 4) is 0 Å². The van der Waals surface area contributed by atoms with Crippen LogP contribution in [0.1, 0.15) is 19.4 Å². The molecule has 0 aliphatic carbocycles. The Morgan fingerprint density at radius 1 is 1.06 bits per heavy atom. The van der Waals surface area contributed by atoms with Crippen LogP contribution in [0.4, 0.5) is 11.4 Å². The van der Waals surface area contributed by atoms with Gasteiger partial charge in [0.05, 0.1) is 30.2 Å². The third kappa shape index (κ3) is 5.14. The summed E-state index contributed by atoms with van der Waals surface area (Å²) in [7, 11) is -6.45. The largest absolute Gasteiger partial charge is 0.350 e. The minimum Gasteiger partial charge on any atom is -0.315 e. The minimum absolute atomic E-state index is 0.0671. The molecule has 1 aliphatic rings. The molecule has 0 saturated heterocycles. The first-order valence-electron chi connectivity index (χ1n) is 9.77. The lowest BCUT2D eigenvalue weighted by molar-refractivity contribution is -0.117. The summed E-state index contributed by atoms with van der Waals surface area (Å²) in [6.07, 6.45) is -0.436. The molecule has 0 fully saturated rings. The van der Waals surface area contributed by atoms with Crippen LogP contribution in [0.25, 0.3) is 0 Å². The van der Waals surface area contributed by atoms with E-state index < -0.39 is 23.9 Å². The number of carbonyl (C=O) groups is 1. The number of hydrogen-bond donors (Lipinski definition) is 0. The van der Waals surface area contributed by atoms with Crippen molar-refractivity contribution in [3.63, 3.8) is 0 Å². The van der Waals surface area contributed by atoms with E-state index in [1.165, 1.54) is 23.1 Å². The van der Waals surface area contributed by atoms with Gasteiger partial charge in [0, 0.05) is 22.8 Å². The summed E-state index contributed by atoms with van der Waals surface area (Å²) in [5.74, 6) is -0.109. The van der Waals surface area contributed by atoms with E-state index in [4.69, 9.17) is 32.2 Å². The molecule has 0 spiro atoms. The molecule has 174 valence electrons. The number of likely N-dealkylation sites (N-methyl/N-ethyl adjacent to an activating group) is 1. The van der Waals surface area contributed by atoms with Crippen molar-refractivity contribution in [2.45, 2.75) is 25.2 Å². The molecule has 0 aromatic heterocycles. The molecule has 1 aliphatic heterocycles. The van der Waals surface area contributed by atoms with Crippen LogP contribution in [-0.2, 0) is 34.9 Å². The summed E-state index contributed by atoms with van der Waals surface area (Å²) < 4.78 is 52.2. The fourth-order valence-electron chi connectivity index (χ4n) is 3.38. The van der Waals surface area contributed by atoms with E-state index in [0.29, 0.717) is 11.3 Å². The number of halogens is 2. The molecular weight excluding hydrogens is 498 g/mol. The van der Waals surface area contributed by atoms with Gasteiger partial charge < -0.3 is 13.9 Å². The molecule has 32 heavy (non-hydrogen) atoms. The molecular formula is C20H23Cl2N2O6PS. The Bertz CT molecular complexity index is 1160. The predicted octanol–water partition coefficient (Wildman–Crippen LogP) is 4.93. The number of sulfonamides is 1. The average molecular weight is 521 g/mol. The first kappa shape index (κ1) is 25.0. The molecule has 0 atom stereocenters. The van der Waals surface area contributed by atoms with Gasteiger partial charge in [0.15, 0.2) is 0 Å². The summed E-state index contributed by atoms with van der Waals surface area (Å²) in [5.41, 5.74) is 1.55. The van der Waals surface area contributed by atoms with Gasteiger partial charge >= 0.3 is 7.60 Å². The molecule has 12 heteroatoms. The van der Waals surface area contributed by atoms with Crippen LogP contribution in [-0.4, -0.2) is 40.9 Å². The fourth-order valence-corrected chi connectivity index (χ4v) is 7.77. The number of hydrogen-bond acceptors (Lipinski definition) is 6. The monoisotopic (exact) mass is 520 g/mol. The summed E-state index contributed by atoms with van der Waals surface area (Å²) >= 11 is 12.1. The van der Waals surface area contributed by atoms with Crippen molar-refractivity contribution in [3.05, 3.63) is 52.0 Å².